The minimum Gasteiger partial charge on any atom is -0.493 e. The van der Waals surface area contributed by atoms with Gasteiger partial charge >= 0.3 is 0 Å². The van der Waals surface area contributed by atoms with E-state index in [2.05, 4.69) is 5.32 Å². The topological polar surface area (TPSA) is 67.8 Å². The van der Waals surface area contributed by atoms with Crippen molar-refractivity contribution in [1.82, 2.24) is 5.32 Å². The third kappa shape index (κ3) is 4.88. The molecule has 0 radical (unpaired) electrons. The maximum absolute atomic E-state index is 12.0. The molecule has 2 rings (SSSR count). The molecule has 0 aromatic heterocycles. The summed E-state index contributed by atoms with van der Waals surface area (Å²) >= 11 is 6.13. The normalized spacial score (nSPS) is 21.2. The lowest BCUT2D eigenvalue weighted by atomic mass is 9.93. The molecule has 1 saturated carbocycles. The van der Waals surface area contributed by atoms with E-state index >= 15 is 0 Å². The van der Waals surface area contributed by atoms with E-state index in [9.17, 15) is 9.90 Å². The zero-order chi connectivity index (χ0) is 16.8. The Morgan fingerprint density at radius 2 is 1.96 bits per heavy atom. The van der Waals surface area contributed by atoms with Crippen LogP contribution < -0.4 is 14.8 Å². The van der Waals surface area contributed by atoms with Crippen LogP contribution in [0.4, 0.5) is 0 Å². The number of rotatable bonds is 5. The van der Waals surface area contributed by atoms with Crippen LogP contribution in [-0.2, 0) is 4.79 Å². The number of halogens is 1. The first-order chi connectivity index (χ1) is 11.0. The highest BCUT2D eigenvalue weighted by Crippen LogP contribution is 2.36. The zero-order valence-electron chi connectivity index (χ0n) is 13.3. The number of hydrogen-bond acceptors (Lipinski definition) is 4. The predicted molar refractivity (Wildman–Crippen MR) is 90.0 cm³/mol. The molecule has 0 bridgehead atoms. The molecule has 0 saturated heterocycles. The summed E-state index contributed by atoms with van der Waals surface area (Å²) in [4.78, 5) is 12.0. The first-order valence-electron chi connectivity index (χ1n) is 7.61. The van der Waals surface area contributed by atoms with E-state index in [4.69, 9.17) is 21.1 Å². The van der Waals surface area contributed by atoms with E-state index in [1.54, 1.807) is 18.2 Å². The van der Waals surface area contributed by atoms with E-state index in [0.717, 1.165) is 31.2 Å². The lowest BCUT2D eigenvalue weighted by Crippen LogP contribution is -2.37. The number of nitrogens with one attached hydrogen (secondary N) is 1. The van der Waals surface area contributed by atoms with Crippen LogP contribution >= 0.6 is 11.6 Å². The Kier molecular flexibility index (Phi) is 6.30. The number of hydrogen-bond donors (Lipinski definition) is 2. The van der Waals surface area contributed by atoms with Crippen LogP contribution in [0.2, 0.25) is 5.02 Å². The van der Waals surface area contributed by atoms with Crippen LogP contribution in [0.1, 0.15) is 31.2 Å². The number of aliphatic hydroxyl groups is 1. The van der Waals surface area contributed by atoms with E-state index in [1.165, 1.54) is 20.3 Å². The van der Waals surface area contributed by atoms with Gasteiger partial charge in [-0.1, -0.05) is 11.6 Å². The number of methoxy groups -OCH3 is 2. The summed E-state index contributed by atoms with van der Waals surface area (Å²) in [5, 5.41) is 12.8. The molecule has 126 valence electrons. The Labute approximate surface area is 141 Å². The molecule has 1 aromatic rings. The molecule has 1 fully saturated rings. The number of carbonyl (C=O) groups excluding carboxylic acids is 1. The second-order valence-corrected chi connectivity index (χ2v) is 5.99. The largest absolute Gasteiger partial charge is 0.493 e. The van der Waals surface area contributed by atoms with E-state index in [0.29, 0.717) is 16.5 Å². The molecular formula is C17H22ClNO4. The van der Waals surface area contributed by atoms with Crippen molar-refractivity contribution in [3.05, 3.63) is 28.8 Å². The Morgan fingerprint density at radius 3 is 2.57 bits per heavy atom. The van der Waals surface area contributed by atoms with Crippen LogP contribution in [0.5, 0.6) is 11.5 Å². The number of aliphatic hydroxyl groups excluding tert-OH is 1. The van der Waals surface area contributed by atoms with Gasteiger partial charge in [-0.25, -0.2) is 0 Å². The Morgan fingerprint density at radius 1 is 1.26 bits per heavy atom. The van der Waals surface area contributed by atoms with Crippen molar-refractivity contribution in [3.63, 3.8) is 0 Å². The first-order valence-corrected chi connectivity index (χ1v) is 7.99. The molecule has 2 N–H and O–H groups in total. The molecule has 1 aliphatic carbocycles. The summed E-state index contributed by atoms with van der Waals surface area (Å²) in [6, 6.07) is 3.60. The number of carbonyl (C=O) groups is 1. The maximum Gasteiger partial charge on any atom is 0.244 e. The van der Waals surface area contributed by atoms with Gasteiger partial charge in [-0.05, 0) is 49.5 Å². The molecule has 1 aromatic carbocycles. The third-order valence-electron chi connectivity index (χ3n) is 3.93. The van der Waals surface area contributed by atoms with Crippen LogP contribution in [0.25, 0.3) is 6.08 Å². The lowest BCUT2D eigenvalue weighted by molar-refractivity contribution is -0.117. The smallest absolute Gasteiger partial charge is 0.244 e. The molecule has 1 aliphatic rings. The van der Waals surface area contributed by atoms with Crippen molar-refractivity contribution in [2.24, 2.45) is 0 Å². The monoisotopic (exact) mass is 339 g/mol. The minimum absolute atomic E-state index is 0.129. The molecule has 1 amide bonds. The molecule has 5 nitrogen and oxygen atoms in total. The Hall–Kier alpha value is -1.72. The molecule has 0 heterocycles. The van der Waals surface area contributed by atoms with Crippen molar-refractivity contribution in [3.8, 4) is 11.5 Å². The summed E-state index contributed by atoms with van der Waals surface area (Å²) < 4.78 is 10.4. The summed E-state index contributed by atoms with van der Waals surface area (Å²) in [6.45, 7) is 0. The van der Waals surface area contributed by atoms with Crippen molar-refractivity contribution >= 4 is 23.6 Å². The standard InChI is InChI=1S/C17H22ClNO4/c1-22-15-10-11(9-14(18)17(15)23-2)3-8-16(21)19-12-4-6-13(20)7-5-12/h3,8-10,12-13,20H,4-7H2,1-2H3,(H,19,21). The predicted octanol–water partition coefficient (Wildman–Crippen LogP) is 2.79. The number of ether oxygens (including phenoxy) is 2. The highest BCUT2D eigenvalue weighted by Gasteiger charge is 2.19. The first kappa shape index (κ1) is 17.6. The van der Waals surface area contributed by atoms with Gasteiger partial charge in [-0.15, -0.1) is 0 Å². The van der Waals surface area contributed by atoms with Crippen molar-refractivity contribution in [2.45, 2.75) is 37.8 Å². The highest BCUT2D eigenvalue weighted by atomic mass is 35.5. The average Bonchev–Trinajstić information content (AvgIpc) is 2.54. The second-order valence-electron chi connectivity index (χ2n) is 5.59. The van der Waals surface area contributed by atoms with Crippen LogP contribution in [0, 0.1) is 0 Å². The Balaban J connectivity index is 1.99. The molecule has 6 heteroatoms. The van der Waals surface area contributed by atoms with Gasteiger partial charge in [-0.2, -0.15) is 0 Å². The lowest BCUT2D eigenvalue weighted by Gasteiger charge is -2.25. The van der Waals surface area contributed by atoms with Crippen molar-refractivity contribution in [2.75, 3.05) is 14.2 Å². The van der Waals surface area contributed by atoms with Crippen molar-refractivity contribution in [1.29, 1.82) is 0 Å². The van der Waals surface area contributed by atoms with Crippen molar-refractivity contribution < 1.29 is 19.4 Å². The second kappa shape index (κ2) is 8.22. The molecule has 0 unspecified atom stereocenters. The number of benzene rings is 1. The highest BCUT2D eigenvalue weighted by molar-refractivity contribution is 6.32. The van der Waals surface area contributed by atoms with Gasteiger partial charge < -0.3 is 19.9 Å². The zero-order valence-corrected chi connectivity index (χ0v) is 14.1. The molecule has 0 aliphatic heterocycles. The van der Waals surface area contributed by atoms with Crippen LogP contribution in [0.15, 0.2) is 18.2 Å². The summed E-state index contributed by atoms with van der Waals surface area (Å²) in [5.74, 6) is 0.829. The number of amides is 1. The fraction of sp³-hybridized carbons (Fsp3) is 0.471. The molecular weight excluding hydrogens is 318 g/mol. The minimum atomic E-state index is -0.229. The Bertz CT molecular complexity index is 580. The van der Waals surface area contributed by atoms with E-state index in [1.807, 2.05) is 0 Å². The summed E-state index contributed by atoms with van der Waals surface area (Å²) in [7, 11) is 3.06. The quantitative estimate of drug-likeness (QED) is 0.809. The fourth-order valence-corrected chi connectivity index (χ4v) is 2.97. The summed E-state index contributed by atoms with van der Waals surface area (Å²) in [6.07, 6.45) is 6.02. The molecule has 23 heavy (non-hydrogen) atoms. The van der Waals surface area contributed by atoms with E-state index in [-0.39, 0.29) is 18.1 Å². The van der Waals surface area contributed by atoms with Gasteiger partial charge in [0.2, 0.25) is 5.91 Å². The molecule has 0 atom stereocenters. The van der Waals surface area contributed by atoms with Gasteiger partial charge in [0.15, 0.2) is 11.5 Å². The van der Waals surface area contributed by atoms with Gasteiger partial charge in [-0.3, -0.25) is 4.79 Å². The molecule has 0 spiro atoms. The van der Waals surface area contributed by atoms with E-state index < -0.39 is 0 Å². The average molecular weight is 340 g/mol. The van der Waals surface area contributed by atoms with Gasteiger partial charge in [0, 0.05) is 12.1 Å². The SMILES string of the molecule is COc1cc(C=CC(=O)NC2CCC(O)CC2)cc(Cl)c1OC. The van der Waals surface area contributed by atoms with Crippen LogP contribution in [0.3, 0.4) is 0 Å². The van der Waals surface area contributed by atoms with Gasteiger partial charge in [0.25, 0.3) is 0 Å². The fourth-order valence-electron chi connectivity index (χ4n) is 2.68. The summed E-state index contributed by atoms with van der Waals surface area (Å²) in [5.41, 5.74) is 0.752. The van der Waals surface area contributed by atoms with Gasteiger partial charge in [0.05, 0.1) is 25.3 Å². The maximum atomic E-state index is 12.0. The van der Waals surface area contributed by atoms with Gasteiger partial charge in [0.1, 0.15) is 0 Å². The van der Waals surface area contributed by atoms with Crippen LogP contribution in [-0.4, -0.2) is 37.4 Å². The third-order valence-corrected chi connectivity index (χ3v) is 4.21.